The number of hydrogen-bond donors (Lipinski definition) is 0. The average Bonchev–Trinajstić information content (AvgIpc) is 2.03. The molecule has 3 heteroatoms. The summed E-state index contributed by atoms with van der Waals surface area (Å²) >= 11 is 1.93. The highest BCUT2D eigenvalue weighted by Crippen LogP contribution is 2.16. The van der Waals surface area contributed by atoms with Gasteiger partial charge in [-0.3, -0.25) is 4.79 Å². The van der Waals surface area contributed by atoms with Crippen LogP contribution in [0.3, 0.4) is 0 Å². The van der Waals surface area contributed by atoms with Crippen molar-refractivity contribution in [1.29, 1.82) is 0 Å². The third-order valence-corrected chi connectivity index (χ3v) is 2.46. The van der Waals surface area contributed by atoms with Crippen molar-refractivity contribution in [2.75, 3.05) is 0 Å². The lowest BCUT2D eigenvalue weighted by Crippen LogP contribution is -2.02. The molecule has 0 saturated heterocycles. The summed E-state index contributed by atoms with van der Waals surface area (Å²) in [5.41, 5.74) is 0.971. The zero-order valence-corrected chi connectivity index (χ0v) is 9.26. The number of benzene rings is 1. The molecule has 1 aromatic carbocycles. The molecule has 0 unspecified atom stereocenters. The largest absolute Gasteiger partial charge is 0.289 e. The van der Waals surface area contributed by atoms with Crippen molar-refractivity contribution >= 4 is 28.4 Å². The van der Waals surface area contributed by atoms with Crippen molar-refractivity contribution < 1.29 is 9.18 Å². The first-order valence-corrected chi connectivity index (χ1v) is 4.75. The smallest absolute Gasteiger partial charge is 0.189 e. The quantitative estimate of drug-likeness (QED) is 0.464. The minimum atomic E-state index is -0.331. The maximum atomic E-state index is 12.7. The van der Waals surface area contributed by atoms with Gasteiger partial charge in [-0.2, -0.15) is 0 Å². The summed E-state index contributed by atoms with van der Waals surface area (Å²) in [5, 5.41) is 0. The Balaban J connectivity index is 3.16. The van der Waals surface area contributed by atoms with E-state index in [-0.39, 0.29) is 11.6 Å². The topological polar surface area (TPSA) is 17.1 Å². The van der Waals surface area contributed by atoms with Crippen LogP contribution in [0.25, 0.3) is 0 Å². The molecule has 68 valence electrons. The number of Topliss-reactive ketones (excluding diaryl/α,β-unsaturated/α-hetero) is 1. The van der Waals surface area contributed by atoms with E-state index in [2.05, 4.69) is 6.58 Å². The lowest BCUT2D eigenvalue weighted by Gasteiger charge is -2.02. The predicted molar refractivity (Wildman–Crippen MR) is 58.3 cm³/mol. The standard InChI is InChI=1S/C10H8FIO/c1-6(2)10(13)8-4-3-7(11)5-9(8)12/h3-5H,1H2,2H3. The normalized spacial score (nSPS) is 9.77. The van der Waals surface area contributed by atoms with Gasteiger partial charge in [-0.05, 0) is 53.3 Å². The molecule has 0 N–H and O–H groups in total. The van der Waals surface area contributed by atoms with Crippen LogP contribution < -0.4 is 0 Å². The lowest BCUT2D eigenvalue weighted by atomic mass is 10.1. The van der Waals surface area contributed by atoms with Crippen LogP contribution >= 0.6 is 22.6 Å². The summed E-state index contributed by atoms with van der Waals surface area (Å²) in [7, 11) is 0. The van der Waals surface area contributed by atoms with Gasteiger partial charge in [0.2, 0.25) is 0 Å². The summed E-state index contributed by atoms with van der Waals surface area (Å²) in [4.78, 5) is 11.4. The highest BCUT2D eigenvalue weighted by molar-refractivity contribution is 14.1. The fourth-order valence-corrected chi connectivity index (χ4v) is 1.63. The molecule has 0 bridgehead atoms. The molecule has 0 aliphatic carbocycles. The second-order valence-electron chi connectivity index (χ2n) is 2.73. The van der Waals surface area contributed by atoms with E-state index in [0.717, 1.165) is 0 Å². The Morgan fingerprint density at radius 2 is 2.15 bits per heavy atom. The molecule has 0 radical (unpaired) electrons. The number of ketones is 1. The molecule has 0 heterocycles. The molecule has 1 aromatic rings. The van der Waals surface area contributed by atoms with Crippen LogP contribution in [0, 0.1) is 9.39 Å². The highest BCUT2D eigenvalue weighted by atomic mass is 127. The van der Waals surface area contributed by atoms with Crippen molar-refractivity contribution in [3.63, 3.8) is 0 Å². The summed E-state index contributed by atoms with van der Waals surface area (Å²) in [5.74, 6) is -0.466. The van der Waals surface area contributed by atoms with Gasteiger partial charge in [0.15, 0.2) is 5.78 Å². The van der Waals surface area contributed by atoms with Crippen molar-refractivity contribution in [1.82, 2.24) is 0 Å². The molecule has 1 rings (SSSR count). The molecule has 1 nitrogen and oxygen atoms in total. The van der Waals surface area contributed by atoms with Crippen LogP contribution in [-0.2, 0) is 0 Å². The lowest BCUT2D eigenvalue weighted by molar-refractivity contribution is 0.103. The number of carbonyl (C=O) groups excluding carboxylic acids is 1. The van der Waals surface area contributed by atoms with Crippen LogP contribution in [0.4, 0.5) is 4.39 Å². The van der Waals surface area contributed by atoms with Crippen LogP contribution in [0.1, 0.15) is 17.3 Å². The van der Waals surface area contributed by atoms with Gasteiger partial charge >= 0.3 is 0 Å². The molecule has 0 aliphatic heterocycles. The van der Waals surface area contributed by atoms with Gasteiger partial charge in [-0.1, -0.05) is 6.58 Å². The van der Waals surface area contributed by atoms with E-state index < -0.39 is 0 Å². The second-order valence-corrected chi connectivity index (χ2v) is 3.90. The fourth-order valence-electron chi connectivity index (χ4n) is 0.904. The molecular formula is C10H8FIO. The summed E-state index contributed by atoms with van der Waals surface area (Å²) in [6.07, 6.45) is 0. The van der Waals surface area contributed by atoms with Crippen LogP contribution in [-0.4, -0.2) is 5.78 Å². The monoisotopic (exact) mass is 290 g/mol. The van der Waals surface area contributed by atoms with Gasteiger partial charge in [0.05, 0.1) is 0 Å². The van der Waals surface area contributed by atoms with Gasteiger partial charge in [-0.15, -0.1) is 0 Å². The zero-order valence-electron chi connectivity index (χ0n) is 7.10. The molecule has 0 atom stereocenters. The van der Waals surface area contributed by atoms with E-state index in [1.54, 1.807) is 6.92 Å². The SMILES string of the molecule is C=C(C)C(=O)c1ccc(F)cc1I. The predicted octanol–water partition coefficient (Wildman–Crippen LogP) is 3.19. The Labute approximate surface area is 89.8 Å². The van der Waals surface area contributed by atoms with Gasteiger partial charge in [0.25, 0.3) is 0 Å². The first kappa shape index (κ1) is 10.4. The Morgan fingerprint density at radius 1 is 1.54 bits per heavy atom. The Hall–Kier alpha value is -0.710. The third-order valence-electron chi connectivity index (χ3n) is 1.56. The first-order chi connectivity index (χ1) is 6.02. The Morgan fingerprint density at radius 3 is 2.62 bits per heavy atom. The maximum absolute atomic E-state index is 12.7. The van der Waals surface area contributed by atoms with Crippen molar-refractivity contribution in [2.45, 2.75) is 6.92 Å². The minimum Gasteiger partial charge on any atom is -0.289 e. The molecule has 13 heavy (non-hydrogen) atoms. The summed E-state index contributed by atoms with van der Waals surface area (Å²) in [6.45, 7) is 5.19. The highest BCUT2D eigenvalue weighted by Gasteiger charge is 2.10. The third kappa shape index (κ3) is 2.37. The van der Waals surface area contributed by atoms with Crippen LogP contribution in [0.5, 0.6) is 0 Å². The number of hydrogen-bond acceptors (Lipinski definition) is 1. The van der Waals surface area contributed by atoms with E-state index in [9.17, 15) is 9.18 Å². The average molecular weight is 290 g/mol. The number of halogens is 2. The van der Waals surface area contributed by atoms with E-state index in [1.165, 1.54) is 18.2 Å². The zero-order chi connectivity index (χ0) is 10.0. The minimum absolute atomic E-state index is 0.135. The van der Waals surface area contributed by atoms with Gasteiger partial charge < -0.3 is 0 Å². The molecular weight excluding hydrogens is 282 g/mol. The second kappa shape index (κ2) is 4.00. The fraction of sp³-hybridized carbons (Fsp3) is 0.100. The molecule has 0 saturated carbocycles. The van der Waals surface area contributed by atoms with Crippen LogP contribution in [0.15, 0.2) is 30.4 Å². The van der Waals surface area contributed by atoms with Crippen LogP contribution in [0.2, 0.25) is 0 Å². The van der Waals surface area contributed by atoms with Crippen molar-refractivity contribution in [3.05, 3.63) is 45.3 Å². The number of allylic oxidation sites excluding steroid dienone is 1. The number of carbonyl (C=O) groups is 1. The number of rotatable bonds is 2. The van der Waals surface area contributed by atoms with Gasteiger partial charge in [0, 0.05) is 9.13 Å². The van der Waals surface area contributed by atoms with E-state index >= 15 is 0 Å². The molecule has 0 aromatic heterocycles. The molecule has 0 fully saturated rings. The van der Waals surface area contributed by atoms with Gasteiger partial charge in [-0.25, -0.2) is 4.39 Å². The molecule has 0 aliphatic rings. The van der Waals surface area contributed by atoms with Crippen molar-refractivity contribution in [3.8, 4) is 0 Å². The van der Waals surface area contributed by atoms with Gasteiger partial charge in [0.1, 0.15) is 5.82 Å². The van der Waals surface area contributed by atoms with E-state index in [4.69, 9.17) is 0 Å². The Bertz CT molecular complexity index is 371. The Kier molecular flexibility index (Phi) is 3.19. The van der Waals surface area contributed by atoms with E-state index in [0.29, 0.717) is 14.7 Å². The maximum Gasteiger partial charge on any atom is 0.189 e. The molecule has 0 amide bonds. The van der Waals surface area contributed by atoms with Crippen molar-refractivity contribution in [2.24, 2.45) is 0 Å². The first-order valence-electron chi connectivity index (χ1n) is 3.67. The summed E-state index contributed by atoms with van der Waals surface area (Å²) < 4.78 is 13.3. The van der Waals surface area contributed by atoms with E-state index in [1.807, 2.05) is 22.6 Å². The molecule has 0 spiro atoms. The summed E-state index contributed by atoms with van der Waals surface area (Å²) in [6, 6.07) is 4.09.